The maximum absolute atomic E-state index is 5.76. The third kappa shape index (κ3) is 3.03. The summed E-state index contributed by atoms with van der Waals surface area (Å²) in [5.41, 5.74) is 8.42. The summed E-state index contributed by atoms with van der Waals surface area (Å²) in [6.45, 7) is 6.26. The molecule has 0 radical (unpaired) electrons. The van der Waals surface area contributed by atoms with Gasteiger partial charge in [-0.15, -0.1) is 0 Å². The van der Waals surface area contributed by atoms with Crippen molar-refractivity contribution < 1.29 is 4.74 Å². The van der Waals surface area contributed by atoms with Gasteiger partial charge in [0.25, 0.3) is 0 Å². The molecule has 0 atom stereocenters. The second-order valence-corrected chi connectivity index (χ2v) is 5.26. The Morgan fingerprint density at radius 2 is 1.94 bits per heavy atom. The summed E-state index contributed by atoms with van der Waals surface area (Å²) < 4.78 is 5.17. The monoisotopic (exact) mass is 248 g/mol. The average Bonchev–Trinajstić information content (AvgIpc) is 3.16. The number of ether oxygens (including phenoxy) is 1. The molecule has 3 heteroatoms. The maximum atomic E-state index is 5.76. The van der Waals surface area contributed by atoms with Crippen LogP contribution in [0.3, 0.4) is 0 Å². The van der Waals surface area contributed by atoms with Crippen molar-refractivity contribution in [3.63, 3.8) is 0 Å². The van der Waals surface area contributed by atoms with E-state index in [1.807, 2.05) is 12.1 Å². The number of rotatable bonds is 7. The van der Waals surface area contributed by atoms with E-state index < -0.39 is 0 Å². The molecule has 2 N–H and O–H groups in total. The molecule has 2 rings (SSSR count). The SMILES string of the molecule is CCN(CCOC)CC1(c2ccc(N)cc2)CC1. The molecule has 18 heavy (non-hydrogen) atoms. The van der Waals surface area contributed by atoms with E-state index in [4.69, 9.17) is 10.5 Å². The number of nitrogens with two attached hydrogens (primary N) is 1. The Kier molecular flexibility index (Phi) is 4.25. The fourth-order valence-corrected chi connectivity index (χ4v) is 2.52. The van der Waals surface area contributed by atoms with Crippen LogP contribution in [-0.2, 0) is 10.2 Å². The number of anilines is 1. The Bertz CT molecular complexity index is 371. The number of nitrogen functional groups attached to an aromatic ring is 1. The van der Waals surface area contributed by atoms with E-state index in [0.29, 0.717) is 5.41 Å². The smallest absolute Gasteiger partial charge is 0.0589 e. The molecule has 1 saturated carbocycles. The minimum Gasteiger partial charge on any atom is -0.399 e. The summed E-state index contributed by atoms with van der Waals surface area (Å²) in [5, 5.41) is 0. The van der Waals surface area contributed by atoms with Crippen molar-refractivity contribution in [3.05, 3.63) is 29.8 Å². The standard InChI is InChI=1S/C15H24N2O/c1-3-17(10-11-18-2)12-15(8-9-15)13-4-6-14(16)7-5-13/h4-7H,3,8-12,16H2,1-2H3. The van der Waals surface area contributed by atoms with Gasteiger partial charge in [0.15, 0.2) is 0 Å². The van der Waals surface area contributed by atoms with Crippen LogP contribution in [-0.4, -0.2) is 38.3 Å². The minimum absolute atomic E-state index is 0.372. The molecule has 1 aliphatic carbocycles. The van der Waals surface area contributed by atoms with Gasteiger partial charge in [0, 0.05) is 31.3 Å². The van der Waals surface area contributed by atoms with Crippen molar-refractivity contribution in [1.82, 2.24) is 4.90 Å². The first-order valence-corrected chi connectivity index (χ1v) is 6.77. The Labute approximate surface area is 110 Å². The predicted octanol–water partition coefficient (Wildman–Crippen LogP) is 2.27. The van der Waals surface area contributed by atoms with Crippen LogP contribution in [0.15, 0.2) is 24.3 Å². The third-order valence-electron chi connectivity index (χ3n) is 3.96. The largest absolute Gasteiger partial charge is 0.399 e. The number of benzene rings is 1. The molecule has 1 aliphatic rings. The number of nitrogens with zero attached hydrogens (tertiary/aromatic N) is 1. The summed E-state index contributed by atoms with van der Waals surface area (Å²) in [6, 6.07) is 8.40. The molecule has 0 aromatic heterocycles. The Balaban J connectivity index is 2.00. The molecule has 0 spiro atoms. The van der Waals surface area contributed by atoms with E-state index in [1.165, 1.54) is 18.4 Å². The molecule has 0 aliphatic heterocycles. The highest BCUT2D eigenvalue weighted by atomic mass is 16.5. The first-order chi connectivity index (χ1) is 8.70. The van der Waals surface area contributed by atoms with Gasteiger partial charge in [-0.1, -0.05) is 19.1 Å². The molecule has 1 aromatic rings. The van der Waals surface area contributed by atoms with Crippen LogP contribution in [0, 0.1) is 0 Å². The summed E-state index contributed by atoms with van der Waals surface area (Å²) in [5.74, 6) is 0. The van der Waals surface area contributed by atoms with Crippen LogP contribution < -0.4 is 5.73 Å². The highest BCUT2D eigenvalue weighted by molar-refractivity contribution is 5.43. The Morgan fingerprint density at radius 3 is 2.44 bits per heavy atom. The van der Waals surface area contributed by atoms with Gasteiger partial charge in [-0.3, -0.25) is 0 Å². The third-order valence-corrected chi connectivity index (χ3v) is 3.96. The summed E-state index contributed by atoms with van der Waals surface area (Å²) >= 11 is 0. The van der Waals surface area contributed by atoms with Gasteiger partial charge in [0.1, 0.15) is 0 Å². The van der Waals surface area contributed by atoms with Gasteiger partial charge >= 0.3 is 0 Å². The molecule has 1 aromatic carbocycles. The quantitative estimate of drug-likeness (QED) is 0.752. The van der Waals surface area contributed by atoms with Gasteiger partial charge in [-0.2, -0.15) is 0 Å². The highest BCUT2D eigenvalue weighted by Crippen LogP contribution is 2.48. The number of hydrogen-bond acceptors (Lipinski definition) is 3. The van der Waals surface area contributed by atoms with Crippen molar-refractivity contribution in [1.29, 1.82) is 0 Å². The maximum Gasteiger partial charge on any atom is 0.0589 e. The van der Waals surface area contributed by atoms with Crippen molar-refractivity contribution in [3.8, 4) is 0 Å². The zero-order valence-electron chi connectivity index (χ0n) is 11.5. The summed E-state index contributed by atoms with van der Waals surface area (Å²) in [6.07, 6.45) is 2.58. The van der Waals surface area contributed by atoms with Crippen molar-refractivity contribution in [2.24, 2.45) is 0 Å². The number of likely N-dealkylation sites (N-methyl/N-ethyl adjacent to an activating group) is 1. The van der Waals surface area contributed by atoms with E-state index in [0.717, 1.165) is 31.9 Å². The number of methoxy groups -OCH3 is 1. The summed E-state index contributed by atoms with van der Waals surface area (Å²) in [4.78, 5) is 2.48. The van der Waals surface area contributed by atoms with Gasteiger partial charge in [-0.25, -0.2) is 0 Å². The number of hydrogen-bond donors (Lipinski definition) is 1. The van der Waals surface area contributed by atoms with Gasteiger partial charge in [-0.05, 0) is 37.1 Å². The molecular weight excluding hydrogens is 224 g/mol. The van der Waals surface area contributed by atoms with Crippen LogP contribution in [0.4, 0.5) is 5.69 Å². The van der Waals surface area contributed by atoms with Gasteiger partial charge < -0.3 is 15.4 Å². The molecule has 100 valence electrons. The molecule has 0 unspecified atom stereocenters. The zero-order valence-corrected chi connectivity index (χ0v) is 11.5. The molecule has 1 fully saturated rings. The van der Waals surface area contributed by atoms with E-state index >= 15 is 0 Å². The van der Waals surface area contributed by atoms with E-state index in [2.05, 4.69) is 24.0 Å². The highest BCUT2D eigenvalue weighted by Gasteiger charge is 2.44. The van der Waals surface area contributed by atoms with Crippen LogP contribution in [0.1, 0.15) is 25.3 Å². The average molecular weight is 248 g/mol. The minimum atomic E-state index is 0.372. The fourth-order valence-electron chi connectivity index (χ4n) is 2.52. The van der Waals surface area contributed by atoms with Gasteiger partial charge in [0.2, 0.25) is 0 Å². The lowest BCUT2D eigenvalue weighted by Crippen LogP contribution is -2.34. The first-order valence-electron chi connectivity index (χ1n) is 6.77. The fraction of sp³-hybridized carbons (Fsp3) is 0.600. The van der Waals surface area contributed by atoms with Crippen molar-refractivity contribution >= 4 is 5.69 Å². The van der Waals surface area contributed by atoms with Crippen molar-refractivity contribution in [2.45, 2.75) is 25.2 Å². The van der Waals surface area contributed by atoms with Crippen LogP contribution >= 0.6 is 0 Å². The Morgan fingerprint density at radius 1 is 1.28 bits per heavy atom. The summed E-state index contributed by atoms with van der Waals surface area (Å²) in [7, 11) is 1.76. The molecular formula is C15H24N2O. The molecule has 0 heterocycles. The normalized spacial score (nSPS) is 17.1. The van der Waals surface area contributed by atoms with E-state index in [9.17, 15) is 0 Å². The van der Waals surface area contributed by atoms with Crippen LogP contribution in [0.25, 0.3) is 0 Å². The van der Waals surface area contributed by atoms with Crippen molar-refractivity contribution in [2.75, 3.05) is 39.1 Å². The predicted molar refractivity (Wildman–Crippen MR) is 75.8 cm³/mol. The molecule has 0 amide bonds. The molecule has 3 nitrogen and oxygen atoms in total. The zero-order chi connectivity index (χ0) is 13.0. The molecule has 0 bridgehead atoms. The van der Waals surface area contributed by atoms with E-state index in [-0.39, 0.29) is 0 Å². The lowest BCUT2D eigenvalue weighted by atomic mass is 9.95. The van der Waals surface area contributed by atoms with Crippen LogP contribution in [0.2, 0.25) is 0 Å². The topological polar surface area (TPSA) is 38.5 Å². The second-order valence-electron chi connectivity index (χ2n) is 5.26. The second kappa shape index (κ2) is 5.72. The lowest BCUT2D eigenvalue weighted by Gasteiger charge is -2.26. The lowest BCUT2D eigenvalue weighted by molar-refractivity contribution is 0.145. The first kappa shape index (κ1) is 13.4. The molecule has 0 saturated heterocycles. The van der Waals surface area contributed by atoms with Gasteiger partial charge in [0.05, 0.1) is 6.61 Å². The van der Waals surface area contributed by atoms with E-state index in [1.54, 1.807) is 7.11 Å². The van der Waals surface area contributed by atoms with Crippen LogP contribution in [0.5, 0.6) is 0 Å². The Hall–Kier alpha value is -1.06.